The van der Waals surface area contributed by atoms with Gasteiger partial charge in [0.2, 0.25) is 5.91 Å². The van der Waals surface area contributed by atoms with Crippen LogP contribution in [0.15, 0.2) is 91.0 Å². The number of nitrogens with zero attached hydrogens (tertiary/aromatic N) is 2. The Balaban J connectivity index is 1.53. The minimum atomic E-state index is -0.189. The van der Waals surface area contributed by atoms with Gasteiger partial charge in [-0.15, -0.1) is 0 Å². The van der Waals surface area contributed by atoms with E-state index in [1.165, 1.54) is 11.1 Å². The number of aryl methyl sites for hydroxylation is 2. The van der Waals surface area contributed by atoms with E-state index in [0.29, 0.717) is 0 Å². The van der Waals surface area contributed by atoms with Crippen molar-refractivity contribution in [3.8, 4) is 0 Å². The van der Waals surface area contributed by atoms with E-state index in [9.17, 15) is 4.79 Å². The number of hydrogen-bond donors (Lipinski definition) is 0. The lowest BCUT2D eigenvalue weighted by Gasteiger charge is -2.43. The molecule has 0 N–H and O–H groups in total. The van der Waals surface area contributed by atoms with E-state index in [1.54, 1.807) is 0 Å². The van der Waals surface area contributed by atoms with Crippen LogP contribution in [0.2, 0.25) is 0 Å². The fraction of sp³-hybridized carbons (Fsp3) is 0.321. The Labute approximate surface area is 186 Å². The molecule has 3 nitrogen and oxygen atoms in total. The first-order valence-electron chi connectivity index (χ1n) is 11.4. The number of carbonyl (C=O) groups is 1. The Hall–Kier alpha value is -2.91. The first kappa shape index (κ1) is 21.3. The van der Waals surface area contributed by atoms with E-state index in [-0.39, 0.29) is 18.0 Å². The SMILES string of the molecule is CN1CCN(C(CCc2ccccc2)CCc2ccccc2)C(=O)C1c1ccccc1. The molecular weight excluding hydrogens is 380 g/mol. The summed E-state index contributed by atoms with van der Waals surface area (Å²) in [6.07, 6.45) is 3.98. The van der Waals surface area contributed by atoms with Gasteiger partial charge in [-0.3, -0.25) is 9.69 Å². The summed E-state index contributed by atoms with van der Waals surface area (Å²) < 4.78 is 0. The third-order valence-corrected chi connectivity index (χ3v) is 6.43. The summed E-state index contributed by atoms with van der Waals surface area (Å²) in [6, 6.07) is 31.5. The van der Waals surface area contributed by atoms with Crippen molar-refractivity contribution in [1.82, 2.24) is 9.80 Å². The van der Waals surface area contributed by atoms with E-state index < -0.39 is 0 Å². The average Bonchev–Trinajstić information content (AvgIpc) is 2.82. The highest BCUT2D eigenvalue weighted by atomic mass is 16.2. The lowest BCUT2D eigenvalue weighted by molar-refractivity contribution is -0.144. The molecule has 1 amide bonds. The predicted octanol–water partition coefficient (Wildman–Crippen LogP) is 5.14. The average molecular weight is 413 g/mol. The maximum Gasteiger partial charge on any atom is 0.244 e. The highest BCUT2D eigenvalue weighted by Gasteiger charge is 2.36. The maximum absolute atomic E-state index is 13.7. The molecule has 0 aliphatic carbocycles. The molecule has 1 saturated heterocycles. The first-order valence-corrected chi connectivity index (χ1v) is 11.4. The smallest absolute Gasteiger partial charge is 0.244 e. The molecule has 3 aromatic rings. The number of piperazine rings is 1. The molecule has 31 heavy (non-hydrogen) atoms. The van der Waals surface area contributed by atoms with Gasteiger partial charge in [0, 0.05) is 19.1 Å². The second kappa shape index (κ2) is 10.4. The standard InChI is InChI=1S/C28H32N2O/c1-29-21-22-30(28(31)27(29)25-15-9-4-10-16-25)26(19-17-23-11-5-2-6-12-23)20-18-24-13-7-3-8-14-24/h2-16,26-27H,17-22H2,1H3. The second-order valence-corrected chi connectivity index (χ2v) is 8.53. The van der Waals surface area contributed by atoms with Gasteiger partial charge in [0.25, 0.3) is 0 Å². The Morgan fingerprint density at radius 3 is 1.74 bits per heavy atom. The quantitative estimate of drug-likeness (QED) is 0.512. The molecule has 0 bridgehead atoms. The van der Waals surface area contributed by atoms with Gasteiger partial charge in [-0.25, -0.2) is 0 Å². The summed E-state index contributed by atoms with van der Waals surface area (Å²) in [6.45, 7) is 1.70. The maximum atomic E-state index is 13.7. The Morgan fingerprint density at radius 2 is 1.23 bits per heavy atom. The van der Waals surface area contributed by atoms with Crippen molar-refractivity contribution >= 4 is 5.91 Å². The summed E-state index contributed by atoms with van der Waals surface area (Å²) in [5.74, 6) is 0.242. The van der Waals surface area contributed by atoms with Crippen molar-refractivity contribution in [2.75, 3.05) is 20.1 Å². The fourth-order valence-electron chi connectivity index (χ4n) is 4.66. The van der Waals surface area contributed by atoms with E-state index in [4.69, 9.17) is 0 Å². The third-order valence-electron chi connectivity index (χ3n) is 6.43. The van der Waals surface area contributed by atoms with E-state index in [1.807, 2.05) is 18.2 Å². The molecule has 1 aliphatic heterocycles. The molecule has 4 rings (SSSR count). The van der Waals surface area contributed by atoms with E-state index in [2.05, 4.69) is 89.6 Å². The van der Waals surface area contributed by atoms with Crippen LogP contribution in [0.1, 0.15) is 35.6 Å². The highest BCUT2D eigenvalue weighted by molar-refractivity contribution is 5.84. The van der Waals surface area contributed by atoms with Gasteiger partial charge < -0.3 is 4.90 Å². The van der Waals surface area contributed by atoms with Gasteiger partial charge in [-0.2, -0.15) is 0 Å². The van der Waals surface area contributed by atoms with Crippen molar-refractivity contribution < 1.29 is 4.79 Å². The first-order chi connectivity index (χ1) is 15.2. The van der Waals surface area contributed by atoms with E-state index in [0.717, 1.165) is 44.3 Å². The van der Waals surface area contributed by atoms with Crippen LogP contribution in [0, 0.1) is 0 Å². The second-order valence-electron chi connectivity index (χ2n) is 8.53. The van der Waals surface area contributed by atoms with Crippen molar-refractivity contribution in [3.63, 3.8) is 0 Å². The predicted molar refractivity (Wildman–Crippen MR) is 127 cm³/mol. The Morgan fingerprint density at radius 1 is 0.742 bits per heavy atom. The number of amides is 1. The zero-order valence-electron chi connectivity index (χ0n) is 18.4. The minimum Gasteiger partial charge on any atom is -0.337 e. The van der Waals surface area contributed by atoms with Gasteiger partial charge >= 0.3 is 0 Å². The topological polar surface area (TPSA) is 23.6 Å². The largest absolute Gasteiger partial charge is 0.337 e. The molecule has 3 heteroatoms. The molecule has 1 unspecified atom stereocenters. The molecular formula is C28H32N2O. The molecule has 3 aromatic carbocycles. The molecule has 0 spiro atoms. The molecule has 160 valence electrons. The van der Waals surface area contributed by atoms with Crippen molar-refractivity contribution in [3.05, 3.63) is 108 Å². The van der Waals surface area contributed by atoms with Crippen LogP contribution in [0.3, 0.4) is 0 Å². The highest BCUT2D eigenvalue weighted by Crippen LogP contribution is 2.28. The number of likely N-dealkylation sites (N-methyl/N-ethyl adjacent to an activating group) is 1. The summed E-state index contributed by atoms with van der Waals surface area (Å²) in [5.41, 5.74) is 3.77. The third kappa shape index (κ3) is 5.42. The van der Waals surface area contributed by atoms with E-state index >= 15 is 0 Å². The Kier molecular flexibility index (Phi) is 7.16. The molecule has 1 fully saturated rings. The molecule has 1 atom stereocenters. The summed E-state index contributed by atoms with van der Waals surface area (Å²) in [4.78, 5) is 18.0. The lowest BCUT2D eigenvalue weighted by atomic mass is 9.94. The van der Waals surface area contributed by atoms with Crippen molar-refractivity contribution in [2.24, 2.45) is 0 Å². The van der Waals surface area contributed by atoms with Gasteiger partial charge in [-0.05, 0) is 49.4 Å². The minimum absolute atomic E-state index is 0.189. The molecule has 0 aromatic heterocycles. The van der Waals surface area contributed by atoms with Gasteiger partial charge in [0.1, 0.15) is 6.04 Å². The fourth-order valence-corrected chi connectivity index (χ4v) is 4.66. The number of benzene rings is 3. The monoisotopic (exact) mass is 412 g/mol. The molecule has 1 heterocycles. The van der Waals surface area contributed by atoms with Crippen molar-refractivity contribution in [2.45, 2.75) is 37.8 Å². The molecule has 0 radical (unpaired) electrons. The van der Waals surface area contributed by atoms with Crippen LogP contribution < -0.4 is 0 Å². The van der Waals surface area contributed by atoms with Crippen LogP contribution in [0.25, 0.3) is 0 Å². The van der Waals surface area contributed by atoms with Crippen LogP contribution in [-0.4, -0.2) is 41.9 Å². The Bertz CT molecular complexity index is 899. The van der Waals surface area contributed by atoms with Crippen LogP contribution >= 0.6 is 0 Å². The zero-order chi connectivity index (χ0) is 21.5. The number of hydrogen-bond acceptors (Lipinski definition) is 2. The van der Waals surface area contributed by atoms with Crippen LogP contribution in [0.5, 0.6) is 0 Å². The van der Waals surface area contributed by atoms with Gasteiger partial charge in [-0.1, -0.05) is 91.0 Å². The summed E-state index contributed by atoms with van der Waals surface area (Å²) >= 11 is 0. The van der Waals surface area contributed by atoms with Gasteiger partial charge in [0.05, 0.1) is 0 Å². The normalized spacial score (nSPS) is 17.3. The summed E-state index contributed by atoms with van der Waals surface area (Å²) in [5, 5.41) is 0. The lowest BCUT2D eigenvalue weighted by Crippen LogP contribution is -2.54. The number of carbonyl (C=O) groups excluding carboxylic acids is 1. The van der Waals surface area contributed by atoms with Crippen LogP contribution in [-0.2, 0) is 17.6 Å². The summed E-state index contributed by atoms with van der Waals surface area (Å²) in [7, 11) is 2.07. The van der Waals surface area contributed by atoms with Crippen molar-refractivity contribution in [1.29, 1.82) is 0 Å². The molecule has 1 aliphatic rings. The number of rotatable bonds is 8. The zero-order valence-corrected chi connectivity index (χ0v) is 18.4. The van der Waals surface area contributed by atoms with Gasteiger partial charge in [0.15, 0.2) is 0 Å². The van der Waals surface area contributed by atoms with Crippen LogP contribution in [0.4, 0.5) is 0 Å². The molecule has 0 saturated carbocycles.